The van der Waals surface area contributed by atoms with Crippen LogP contribution in [-0.2, 0) is 0 Å². The van der Waals surface area contributed by atoms with Crippen molar-refractivity contribution in [2.75, 3.05) is 0 Å². The van der Waals surface area contributed by atoms with Crippen molar-refractivity contribution >= 4 is 23.2 Å². The summed E-state index contributed by atoms with van der Waals surface area (Å²) in [6.07, 6.45) is 0. The Bertz CT molecular complexity index is 238. The van der Waals surface area contributed by atoms with E-state index in [0.29, 0.717) is 10.0 Å². The fourth-order valence-corrected chi connectivity index (χ4v) is 1.38. The second kappa shape index (κ2) is 3.44. The van der Waals surface area contributed by atoms with Gasteiger partial charge in [-0.2, -0.15) is 0 Å². The third kappa shape index (κ3) is 2.37. The molecular formula is C8H9Cl2N. The lowest BCUT2D eigenvalue weighted by atomic mass is 10.1. The van der Waals surface area contributed by atoms with Gasteiger partial charge in [0.05, 0.1) is 0 Å². The third-order valence-corrected chi connectivity index (χ3v) is 1.85. The summed E-state index contributed by atoms with van der Waals surface area (Å²) < 4.78 is 0. The Morgan fingerprint density at radius 1 is 1.18 bits per heavy atom. The summed E-state index contributed by atoms with van der Waals surface area (Å²) in [7, 11) is 0. The molecule has 1 aromatic rings. The molecule has 1 rings (SSSR count). The second-order valence-corrected chi connectivity index (χ2v) is 3.36. The van der Waals surface area contributed by atoms with Crippen molar-refractivity contribution in [2.24, 2.45) is 5.73 Å². The smallest absolute Gasteiger partial charge is 0.0424 e. The topological polar surface area (TPSA) is 26.0 Å². The molecule has 0 fully saturated rings. The number of halogens is 2. The molecule has 0 saturated carbocycles. The lowest BCUT2D eigenvalue weighted by Gasteiger charge is -2.05. The summed E-state index contributed by atoms with van der Waals surface area (Å²) in [6.45, 7) is 1.89. The van der Waals surface area contributed by atoms with E-state index in [1.165, 1.54) is 0 Å². The minimum atomic E-state index is -0.0220. The normalized spacial score (nSPS) is 13.1. The summed E-state index contributed by atoms with van der Waals surface area (Å²) in [5.74, 6) is 0. The Hall–Kier alpha value is -0.240. The van der Waals surface area contributed by atoms with Gasteiger partial charge in [0.2, 0.25) is 0 Å². The van der Waals surface area contributed by atoms with Crippen LogP contribution >= 0.6 is 23.2 Å². The van der Waals surface area contributed by atoms with Crippen LogP contribution in [0.25, 0.3) is 0 Å². The van der Waals surface area contributed by atoms with Gasteiger partial charge in [-0.15, -0.1) is 0 Å². The van der Waals surface area contributed by atoms with Crippen molar-refractivity contribution in [1.29, 1.82) is 0 Å². The standard InChI is InChI=1S/C8H9Cl2N/c1-5(11)6-2-7(9)4-8(10)3-6/h2-5H,11H2,1H3. The van der Waals surface area contributed by atoms with Crippen molar-refractivity contribution in [2.45, 2.75) is 13.0 Å². The van der Waals surface area contributed by atoms with E-state index in [4.69, 9.17) is 28.9 Å². The van der Waals surface area contributed by atoms with Gasteiger partial charge in [-0.1, -0.05) is 23.2 Å². The fraction of sp³-hybridized carbons (Fsp3) is 0.250. The van der Waals surface area contributed by atoms with Crippen LogP contribution < -0.4 is 5.73 Å². The van der Waals surface area contributed by atoms with Crippen molar-refractivity contribution in [3.63, 3.8) is 0 Å². The van der Waals surface area contributed by atoms with E-state index in [1.807, 2.05) is 19.1 Å². The zero-order valence-corrected chi connectivity index (χ0v) is 7.65. The Balaban J connectivity index is 3.08. The predicted molar refractivity (Wildman–Crippen MR) is 49.1 cm³/mol. The summed E-state index contributed by atoms with van der Waals surface area (Å²) in [6, 6.07) is 5.30. The van der Waals surface area contributed by atoms with Crippen molar-refractivity contribution in [3.8, 4) is 0 Å². The molecule has 0 amide bonds. The van der Waals surface area contributed by atoms with E-state index in [0.717, 1.165) is 5.56 Å². The zero-order valence-electron chi connectivity index (χ0n) is 6.14. The molecular weight excluding hydrogens is 181 g/mol. The highest BCUT2D eigenvalue weighted by Crippen LogP contribution is 2.21. The first-order valence-corrected chi connectivity index (χ1v) is 4.07. The molecule has 1 aromatic carbocycles. The van der Waals surface area contributed by atoms with Crippen LogP contribution in [0.2, 0.25) is 10.0 Å². The van der Waals surface area contributed by atoms with Crippen molar-refractivity contribution in [3.05, 3.63) is 33.8 Å². The SMILES string of the molecule is CC(N)c1cc(Cl)cc(Cl)c1. The van der Waals surface area contributed by atoms with E-state index in [1.54, 1.807) is 6.07 Å². The molecule has 0 aromatic heterocycles. The molecule has 0 bridgehead atoms. The number of nitrogens with two attached hydrogens (primary N) is 1. The predicted octanol–water partition coefficient (Wildman–Crippen LogP) is 3.01. The molecule has 60 valence electrons. The summed E-state index contributed by atoms with van der Waals surface area (Å²) >= 11 is 11.5. The molecule has 0 aliphatic heterocycles. The van der Waals surface area contributed by atoms with E-state index in [2.05, 4.69) is 0 Å². The minimum Gasteiger partial charge on any atom is -0.324 e. The van der Waals surface area contributed by atoms with Gasteiger partial charge < -0.3 is 5.73 Å². The van der Waals surface area contributed by atoms with E-state index < -0.39 is 0 Å². The number of rotatable bonds is 1. The van der Waals surface area contributed by atoms with E-state index >= 15 is 0 Å². The molecule has 0 aliphatic rings. The molecule has 1 atom stereocenters. The first kappa shape index (κ1) is 8.85. The van der Waals surface area contributed by atoms with Crippen molar-refractivity contribution in [1.82, 2.24) is 0 Å². The van der Waals surface area contributed by atoms with Gasteiger partial charge in [0.25, 0.3) is 0 Å². The van der Waals surface area contributed by atoms with Crippen LogP contribution in [-0.4, -0.2) is 0 Å². The highest BCUT2D eigenvalue weighted by atomic mass is 35.5. The van der Waals surface area contributed by atoms with Crippen molar-refractivity contribution < 1.29 is 0 Å². The van der Waals surface area contributed by atoms with Gasteiger partial charge in [-0.05, 0) is 30.7 Å². The molecule has 11 heavy (non-hydrogen) atoms. The highest BCUT2D eigenvalue weighted by molar-refractivity contribution is 6.34. The molecule has 0 spiro atoms. The first-order valence-electron chi connectivity index (χ1n) is 3.31. The number of hydrogen-bond acceptors (Lipinski definition) is 1. The average Bonchev–Trinajstić information content (AvgIpc) is 1.85. The van der Waals surface area contributed by atoms with Crippen LogP contribution in [0.1, 0.15) is 18.5 Å². The maximum absolute atomic E-state index is 5.75. The largest absolute Gasteiger partial charge is 0.324 e. The second-order valence-electron chi connectivity index (χ2n) is 2.49. The molecule has 3 heteroatoms. The fourth-order valence-electron chi connectivity index (χ4n) is 0.838. The summed E-state index contributed by atoms with van der Waals surface area (Å²) in [5, 5.41) is 1.26. The summed E-state index contributed by atoms with van der Waals surface area (Å²) in [4.78, 5) is 0. The Kier molecular flexibility index (Phi) is 2.77. The zero-order chi connectivity index (χ0) is 8.43. The van der Waals surface area contributed by atoms with Crippen LogP contribution in [0, 0.1) is 0 Å². The Morgan fingerprint density at radius 2 is 1.64 bits per heavy atom. The highest BCUT2D eigenvalue weighted by Gasteiger charge is 2.01. The van der Waals surface area contributed by atoms with Gasteiger partial charge in [0.1, 0.15) is 0 Å². The maximum Gasteiger partial charge on any atom is 0.0424 e. The van der Waals surface area contributed by atoms with Gasteiger partial charge in [-0.3, -0.25) is 0 Å². The van der Waals surface area contributed by atoms with Crippen LogP contribution in [0.4, 0.5) is 0 Å². The molecule has 2 N–H and O–H groups in total. The molecule has 1 nitrogen and oxygen atoms in total. The molecule has 0 aliphatic carbocycles. The first-order chi connectivity index (χ1) is 5.09. The summed E-state index contributed by atoms with van der Waals surface area (Å²) in [5.41, 5.74) is 6.59. The molecule has 0 heterocycles. The Labute approximate surface area is 76.1 Å². The number of benzene rings is 1. The molecule has 0 radical (unpaired) electrons. The minimum absolute atomic E-state index is 0.0220. The molecule has 1 unspecified atom stereocenters. The Morgan fingerprint density at radius 3 is 2.00 bits per heavy atom. The van der Waals surface area contributed by atoms with Gasteiger partial charge in [0, 0.05) is 16.1 Å². The monoisotopic (exact) mass is 189 g/mol. The van der Waals surface area contributed by atoms with Crippen LogP contribution in [0.15, 0.2) is 18.2 Å². The lowest BCUT2D eigenvalue weighted by Crippen LogP contribution is -2.04. The lowest BCUT2D eigenvalue weighted by molar-refractivity contribution is 0.818. The number of hydrogen-bond donors (Lipinski definition) is 1. The van der Waals surface area contributed by atoms with Gasteiger partial charge >= 0.3 is 0 Å². The van der Waals surface area contributed by atoms with Gasteiger partial charge in [0.15, 0.2) is 0 Å². The maximum atomic E-state index is 5.75. The van der Waals surface area contributed by atoms with Crippen LogP contribution in [0.5, 0.6) is 0 Å². The molecule has 0 saturated heterocycles. The average molecular weight is 190 g/mol. The third-order valence-electron chi connectivity index (χ3n) is 1.41. The van der Waals surface area contributed by atoms with Gasteiger partial charge in [-0.25, -0.2) is 0 Å². The van der Waals surface area contributed by atoms with Crippen LogP contribution in [0.3, 0.4) is 0 Å². The van der Waals surface area contributed by atoms with E-state index in [-0.39, 0.29) is 6.04 Å². The van der Waals surface area contributed by atoms with E-state index in [9.17, 15) is 0 Å². The quantitative estimate of drug-likeness (QED) is 0.723.